The third kappa shape index (κ3) is 4.19. The third-order valence-corrected chi connectivity index (χ3v) is 4.13. The van der Waals surface area contributed by atoms with E-state index in [0.717, 1.165) is 38.8 Å². The molecule has 2 heterocycles. The molecule has 0 spiro atoms. The summed E-state index contributed by atoms with van der Waals surface area (Å²) in [5, 5.41) is 9.86. The molecule has 1 unspecified atom stereocenters. The summed E-state index contributed by atoms with van der Waals surface area (Å²) in [7, 11) is 2.23. The monoisotopic (exact) mass is 255 g/mol. The topological polar surface area (TPSA) is 30.0 Å². The molecule has 18 heavy (non-hydrogen) atoms. The van der Waals surface area contributed by atoms with Crippen LogP contribution in [0.1, 0.15) is 26.7 Å². The Labute approximate surface area is 112 Å². The largest absolute Gasteiger partial charge is 0.389 e. The van der Waals surface area contributed by atoms with E-state index in [1.165, 1.54) is 25.9 Å². The van der Waals surface area contributed by atoms with Crippen LogP contribution in [0, 0.1) is 0 Å². The third-order valence-electron chi connectivity index (χ3n) is 4.13. The van der Waals surface area contributed by atoms with Gasteiger partial charge < -0.3 is 10.0 Å². The second kappa shape index (κ2) is 5.87. The lowest BCUT2D eigenvalue weighted by atomic mass is 10.0. The summed E-state index contributed by atoms with van der Waals surface area (Å²) < 4.78 is 0. The van der Waals surface area contributed by atoms with Crippen molar-refractivity contribution in [1.82, 2.24) is 14.7 Å². The Kier molecular flexibility index (Phi) is 4.64. The molecule has 4 nitrogen and oxygen atoms in total. The molecule has 2 fully saturated rings. The summed E-state index contributed by atoms with van der Waals surface area (Å²) in [5.74, 6) is 0. The van der Waals surface area contributed by atoms with Crippen molar-refractivity contribution >= 4 is 0 Å². The van der Waals surface area contributed by atoms with Gasteiger partial charge in [-0.25, -0.2) is 0 Å². The average Bonchev–Trinajstić information content (AvgIpc) is 2.28. The van der Waals surface area contributed by atoms with Crippen LogP contribution in [0.15, 0.2) is 0 Å². The van der Waals surface area contributed by atoms with Crippen LogP contribution in [0.25, 0.3) is 0 Å². The number of hydrogen-bond donors (Lipinski definition) is 1. The van der Waals surface area contributed by atoms with Crippen LogP contribution >= 0.6 is 0 Å². The van der Waals surface area contributed by atoms with Crippen molar-refractivity contribution in [3.8, 4) is 0 Å². The van der Waals surface area contributed by atoms with Gasteiger partial charge in [-0.2, -0.15) is 0 Å². The van der Waals surface area contributed by atoms with E-state index in [0.29, 0.717) is 0 Å². The van der Waals surface area contributed by atoms with Crippen molar-refractivity contribution < 1.29 is 5.11 Å². The maximum Gasteiger partial charge on any atom is 0.0718 e. The fraction of sp³-hybridized carbons (Fsp3) is 1.00. The smallest absolute Gasteiger partial charge is 0.0718 e. The zero-order valence-corrected chi connectivity index (χ0v) is 12.2. The van der Waals surface area contributed by atoms with Gasteiger partial charge in [-0.05, 0) is 40.3 Å². The molecule has 0 amide bonds. The number of piperazine rings is 1. The molecule has 1 N–H and O–H groups in total. The van der Waals surface area contributed by atoms with Crippen molar-refractivity contribution in [2.24, 2.45) is 0 Å². The van der Waals surface area contributed by atoms with Gasteiger partial charge in [0.05, 0.1) is 5.60 Å². The van der Waals surface area contributed by atoms with Gasteiger partial charge in [-0.3, -0.25) is 9.80 Å². The quantitative estimate of drug-likeness (QED) is 0.794. The van der Waals surface area contributed by atoms with Gasteiger partial charge in [0.1, 0.15) is 0 Å². The van der Waals surface area contributed by atoms with Crippen molar-refractivity contribution in [3.05, 3.63) is 0 Å². The number of likely N-dealkylation sites (tertiary alicyclic amines) is 1. The number of hydrogen-bond acceptors (Lipinski definition) is 4. The molecule has 2 saturated heterocycles. The van der Waals surface area contributed by atoms with Gasteiger partial charge in [0.15, 0.2) is 0 Å². The Morgan fingerprint density at radius 1 is 1.11 bits per heavy atom. The molecule has 2 aliphatic heterocycles. The fourth-order valence-corrected chi connectivity index (χ4v) is 3.27. The zero-order chi connectivity index (χ0) is 13.2. The minimum Gasteiger partial charge on any atom is -0.389 e. The summed E-state index contributed by atoms with van der Waals surface area (Å²) >= 11 is 0. The highest BCUT2D eigenvalue weighted by molar-refractivity contribution is 4.84. The summed E-state index contributed by atoms with van der Waals surface area (Å²) in [6.45, 7) is 11.6. The molecule has 0 saturated carbocycles. The van der Waals surface area contributed by atoms with Crippen LogP contribution in [0.3, 0.4) is 0 Å². The first-order valence-electron chi connectivity index (χ1n) is 7.31. The van der Waals surface area contributed by atoms with E-state index in [2.05, 4.69) is 21.7 Å². The van der Waals surface area contributed by atoms with Crippen LogP contribution in [-0.4, -0.2) is 84.3 Å². The van der Waals surface area contributed by atoms with Crippen LogP contribution in [0.4, 0.5) is 0 Å². The highest BCUT2D eigenvalue weighted by Gasteiger charge is 2.28. The molecule has 106 valence electrons. The fourth-order valence-electron chi connectivity index (χ4n) is 3.27. The van der Waals surface area contributed by atoms with Crippen LogP contribution < -0.4 is 0 Å². The molecular formula is C14H29N3O. The highest BCUT2D eigenvalue weighted by Crippen LogP contribution is 2.17. The lowest BCUT2D eigenvalue weighted by molar-refractivity contribution is 0.00381. The Hall–Kier alpha value is -0.160. The Morgan fingerprint density at radius 2 is 1.78 bits per heavy atom. The van der Waals surface area contributed by atoms with E-state index < -0.39 is 5.60 Å². The van der Waals surface area contributed by atoms with Crippen LogP contribution in [0.5, 0.6) is 0 Å². The van der Waals surface area contributed by atoms with Crippen molar-refractivity contribution in [3.63, 3.8) is 0 Å². The summed E-state index contributed by atoms with van der Waals surface area (Å²) in [4.78, 5) is 7.50. The van der Waals surface area contributed by atoms with Gasteiger partial charge in [0.25, 0.3) is 0 Å². The molecule has 0 aliphatic carbocycles. The number of rotatable bonds is 3. The summed E-state index contributed by atoms with van der Waals surface area (Å²) in [6.07, 6.45) is 2.70. The van der Waals surface area contributed by atoms with E-state index in [9.17, 15) is 5.11 Å². The van der Waals surface area contributed by atoms with Crippen LogP contribution in [-0.2, 0) is 0 Å². The molecular weight excluding hydrogens is 226 g/mol. The predicted molar refractivity (Wildman–Crippen MR) is 74.8 cm³/mol. The van der Waals surface area contributed by atoms with E-state index in [1.807, 2.05) is 13.8 Å². The predicted octanol–water partition coefficient (Wildman–Crippen LogP) is 0.469. The molecule has 4 heteroatoms. The maximum absolute atomic E-state index is 9.86. The standard InChI is InChI=1S/C14H29N3O/c1-14(2,18)12-16-7-9-17(10-8-16)13-5-4-6-15(3)11-13/h13,18H,4-12H2,1-3H3. The zero-order valence-electron chi connectivity index (χ0n) is 12.2. The molecule has 0 aromatic heterocycles. The first-order valence-corrected chi connectivity index (χ1v) is 7.31. The number of piperidine rings is 1. The summed E-state index contributed by atoms with van der Waals surface area (Å²) in [5.41, 5.74) is -0.562. The van der Waals surface area contributed by atoms with E-state index in [1.54, 1.807) is 0 Å². The molecule has 2 rings (SSSR count). The first kappa shape index (κ1) is 14.3. The van der Waals surface area contributed by atoms with Crippen molar-refractivity contribution in [2.75, 3.05) is 52.9 Å². The Morgan fingerprint density at radius 3 is 2.33 bits per heavy atom. The lowest BCUT2D eigenvalue weighted by Crippen LogP contribution is -2.56. The molecule has 0 aromatic rings. The second-order valence-corrected chi connectivity index (χ2v) is 6.68. The lowest BCUT2D eigenvalue weighted by Gasteiger charge is -2.43. The van der Waals surface area contributed by atoms with Gasteiger partial charge in [-0.15, -0.1) is 0 Å². The minimum absolute atomic E-state index is 0.562. The molecule has 1 atom stereocenters. The Bertz CT molecular complexity index is 256. The Balaban J connectivity index is 1.76. The van der Waals surface area contributed by atoms with Gasteiger partial charge in [0.2, 0.25) is 0 Å². The van der Waals surface area contributed by atoms with E-state index in [-0.39, 0.29) is 0 Å². The number of aliphatic hydroxyl groups is 1. The number of likely N-dealkylation sites (N-methyl/N-ethyl adjacent to an activating group) is 1. The van der Waals surface area contributed by atoms with Gasteiger partial charge in [0, 0.05) is 45.3 Å². The number of β-amino-alcohol motifs (C(OH)–C–C–N with tert-alkyl or cyclic N) is 1. The van der Waals surface area contributed by atoms with Gasteiger partial charge >= 0.3 is 0 Å². The SMILES string of the molecule is CN1CCCC(N2CCN(CC(C)(C)O)CC2)C1. The molecule has 2 aliphatic rings. The average molecular weight is 255 g/mol. The first-order chi connectivity index (χ1) is 8.44. The second-order valence-electron chi connectivity index (χ2n) is 6.68. The van der Waals surface area contributed by atoms with E-state index in [4.69, 9.17) is 0 Å². The number of nitrogens with zero attached hydrogens (tertiary/aromatic N) is 3. The minimum atomic E-state index is -0.562. The highest BCUT2D eigenvalue weighted by atomic mass is 16.3. The normalized spacial score (nSPS) is 29.7. The molecule has 0 radical (unpaired) electrons. The molecule has 0 aromatic carbocycles. The van der Waals surface area contributed by atoms with Gasteiger partial charge in [-0.1, -0.05) is 0 Å². The maximum atomic E-state index is 9.86. The van der Waals surface area contributed by atoms with Crippen LogP contribution in [0.2, 0.25) is 0 Å². The summed E-state index contributed by atoms with van der Waals surface area (Å²) in [6, 6.07) is 0.757. The van der Waals surface area contributed by atoms with Crippen molar-refractivity contribution in [2.45, 2.75) is 38.3 Å². The van der Waals surface area contributed by atoms with Crippen molar-refractivity contribution in [1.29, 1.82) is 0 Å². The molecule has 0 bridgehead atoms. The van der Waals surface area contributed by atoms with E-state index >= 15 is 0 Å².